The van der Waals surface area contributed by atoms with Crippen molar-refractivity contribution in [3.63, 3.8) is 0 Å². The predicted molar refractivity (Wildman–Crippen MR) is 76.6 cm³/mol. The maximum Gasteiger partial charge on any atom is 0.253 e. The summed E-state index contributed by atoms with van der Waals surface area (Å²) < 4.78 is 0.987. The van der Waals surface area contributed by atoms with E-state index in [1.54, 1.807) is 0 Å². The maximum absolute atomic E-state index is 12.4. The molecule has 1 aliphatic rings. The molecule has 1 unspecified atom stereocenters. The zero-order chi connectivity index (χ0) is 13.1. The average molecular weight is 311 g/mol. The molecule has 0 aliphatic carbocycles. The molecule has 1 atom stereocenters. The molecule has 2 N–H and O–H groups in total. The summed E-state index contributed by atoms with van der Waals surface area (Å²) in [5.41, 5.74) is 7.60. The van der Waals surface area contributed by atoms with E-state index < -0.39 is 0 Å². The molecule has 4 heteroatoms. The molecule has 1 aromatic rings. The lowest BCUT2D eigenvalue weighted by molar-refractivity contribution is 0.0678. The molecule has 18 heavy (non-hydrogen) atoms. The molecule has 0 bridgehead atoms. The lowest BCUT2D eigenvalue weighted by Crippen LogP contribution is -2.42. The highest BCUT2D eigenvalue weighted by molar-refractivity contribution is 9.10. The maximum atomic E-state index is 12.4. The highest BCUT2D eigenvalue weighted by atomic mass is 79.9. The van der Waals surface area contributed by atoms with Crippen LogP contribution >= 0.6 is 15.9 Å². The average Bonchev–Trinajstić information content (AvgIpc) is 2.41. The molecule has 1 fully saturated rings. The Kier molecular flexibility index (Phi) is 4.40. The van der Waals surface area contributed by atoms with Gasteiger partial charge in [-0.3, -0.25) is 4.79 Å². The summed E-state index contributed by atoms with van der Waals surface area (Å²) in [6.45, 7) is 4.33. The van der Waals surface area contributed by atoms with Crippen LogP contribution in [0, 0.1) is 12.8 Å². The number of likely N-dealkylation sites (tertiary alicyclic amines) is 1. The van der Waals surface area contributed by atoms with Crippen molar-refractivity contribution in [1.29, 1.82) is 0 Å². The number of aryl methyl sites for hydroxylation is 1. The molecule has 0 saturated carbocycles. The van der Waals surface area contributed by atoms with Crippen LogP contribution in [-0.4, -0.2) is 30.4 Å². The Morgan fingerprint density at radius 2 is 2.33 bits per heavy atom. The molecule has 1 heterocycles. The zero-order valence-electron chi connectivity index (χ0n) is 10.7. The van der Waals surface area contributed by atoms with Crippen LogP contribution in [0.15, 0.2) is 22.7 Å². The van der Waals surface area contributed by atoms with Crippen LogP contribution in [0.5, 0.6) is 0 Å². The highest BCUT2D eigenvalue weighted by Crippen LogP contribution is 2.21. The summed E-state index contributed by atoms with van der Waals surface area (Å²) in [5, 5.41) is 0. The fourth-order valence-electron chi connectivity index (χ4n) is 2.35. The van der Waals surface area contributed by atoms with Gasteiger partial charge in [0, 0.05) is 23.1 Å². The summed E-state index contributed by atoms with van der Waals surface area (Å²) in [6.07, 6.45) is 2.19. The number of nitrogens with zero attached hydrogens (tertiary/aromatic N) is 1. The van der Waals surface area contributed by atoms with Crippen molar-refractivity contribution in [2.45, 2.75) is 19.8 Å². The molecule has 98 valence electrons. The summed E-state index contributed by atoms with van der Waals surface area (Å²) in [6, 6.07) is 5.78. The number of piperidine rings is 1. The third kappa shape index (κ3) is 2.93. The standard InChI is InChI=1S/C14H19BrN2O/c1-10-4-5-12(7-13(10)15)14(18)17-6-2-3-11(8-16)9-17/h4-5,7,11H,2-3,6,8-9,16H2,1H3. The number of hydrogen-bond acceptors (Lipinski definition) is 2. The van der Waals surface area contributed by atoms with Crippen molar-refractivity contribution in [3.8, 4) is 0 Å². The second-order valence-electron chi connectivity index (χ2n) is 4.96. The first-order chi connectivity index (χ1) is 8.61. The van der Waals surface area contributed by atoms with Gasteiger partial charge >= 0.3 is 0 Å². The molecule has 0 radical (unpaired) electrons. The minimum atomic E-state index is 0.119. The Morgan fingerprint density at radius 3 is 3.00 bits per heavy atom. The van der Waals surface area contributed by atoms with Crippen LogP contribution in [0.4, 0.5) is 0 Å². The van der Waals surface area contributed by atoms with Crippen molar-refractivity contribution >= 4 is 21.8 Å². The van der Waals surface area contributed by atoms with E-state index in [0.717, 1.165) is 41.5 Å². The van der Waals surface area contributed by atoms with E-state index in [4.69, 9.17) is 5.73 Å². The summed E-state index contributed by atoms with van der Waals surface area (Å²) in [4.78, 5) is 14.3. The van der Waals surface area contributed by atoms with Gasteiger partial charge in [0.25, 0.3) is 5.91 Å². The number of carbonyl (C=O) groups excluding carboxylic acids is 1. The van der Waals surface area contributed by atoms with E-state index in [-0.39, 0.29) is 5.91 Å². The fraction of sp³-hybridized carbons (Fsp3) is 0.500. The monoisotopic (exact) mass is 310 g/mol. The smallest absolute Gasteiger partial charge is 0.253 e. The molecular weight excluding hydrogens is 292 g/mol. The largest absolute Gasteiger partial charge is 0.338 e. The van der Waals surface area contributed by atoms with E-state index in [1.807, 2.05) is 30.0 Å². The first-order valence-corrected chi connectivity index (χ1v) is 7.16. The molecule has 0 spiro atoms. The van der Waals surface area contributed by atoms with Crippen LogP contribution in [-0.2, 0) is 0 Å². The molecular formula is C14H19BrN2O. The van der Waals surface area contributed by atoms with Gasteiger partial charge in [0.1, 0.15) is 0 Å². The first kappa shape index (κ1) is 13.6. The SMILES string of the molecule is Cc1ccc(C(=O)N2CCCC(CN)C2)cc1Br. The van der Waals surface area contributed by atoms with Gasteiger partial charge in [0.15, 0.2) is 0 Å². The van der Waals surface area contributed by atoms with Crippen LogP contribution in [0.25, 0.3) is 0 Å². The molecule has 2 rings (SSSR count). The normalized spacial score (nSPS) is 19.9. The Bertz CT molecular complexity index is 447. The first-order valence-electron chi connectivity index (χ1n) is 6.37. The Morgan fingerprint density at radius 1 is 1.56 bits per heavy atom. The second kappa shape index (κ2) is 5.85. The third-order valence-corrected chi connectivity index (χ3v) is 4.41. The number of hydrogen-bond donors (Lipinski definition) is 1. The molecule has 1 saturated heterocycles. The van der Waals surface area contributed by atoms with Crippen LogP contribution < -0.4 is 5.73 Å². The second-order valence-corrected chi connectivity index (χ2v) is 5.81. The number of rotatable bonds is 2. The van der Waals surface area contributed by atoms with Crippen LogP contribution in [0.1, 0.15) is 28.8 Å². The molecule has 1 amide bonds. The van der Waals surface area contributed by atoms with Gasteiger partial charge in [-0.15, -0.1) is 0 Å². The van der Waals surface area contributed by atoms with E-state index in [0.29, 0.717) is 12.5 Å². The van der Waals surface area contributed by atoms with Gasteiger partial charge in [0.2, 0.25) is 0 Å². The predicted octanol–water partition coefficient (Wildman–Crippen LogP) is 2.57. The van der Waals surface area contributed by atoms with Crippen molar-refractivity contribution in [2.24, 2.45) is 11.7 Å². The fourth-order valence-corrected chi connectivity index (χ4v) is 2.73. The number of benzene rings is 1. The molecule has 1 aromatic carbocycles. The van der Waals surface area contributed by atoms with Crippen molar-refractivity contribution in [3.05, 3.63) is 33.8 Å². The van der Waals surface area contributed by atoms with Crippen LogP contribution in [0.2, 0.25) is 0 Å². The molecule has 1 aliphatic heterocycles. The van der Waals surface area contributed by atoms with E-state index >= 15 is 0 Å². The Balaban J connectivity index is 2.12. The third-order valence-electron chi connectivity index (χ3n) is 3.56. The van der Waals surface area contributed by atoms with Gasteiger partial charge in [-0.25, -0.2) is 0 Å². The number of halogens is 1. The van der Waals surface area contributed by atoms with Crippen molar-refractivity contribution in [1.82, 2.24) is 4.90 Å². The van der Waals surface area contributed by atoms with Gasteiger partial charge in [-0.2, -0.15) is 0 Å². The van der Waals surface area contributed by atoms with E-state index in [2.05, 4.69) is 15.9 Å². The highest BCUT2D eigenvalue weighted by Gasteiger charge is 2.23. The van der Waals surface area contributed by atoms with Crippen molar-refractivity contribution in [2.75, 3.05) is 19.6 Å². The number of amides is 1. The summed E-state index contributed by atoms with van der Waals surface area (Å²) in [7, 11) is 0. The number of carbonyl (C=O) groups is 1. The number of nitrogens with two attached hydrogens (primary N) is 1. The summed E-state index contributed by atoms with van der Waals surface area (Å²) in [5.74, 6) is 0.574. The van der Waals surface area contributed by atoms with Gasteiger partial charge in [0.05, 0.1) is 0 Å². The quantitative estimate of drug-likeness (QED) is 0.912. The molecule has 0 aromatic heterocycles. The van der Waals surface area contributed by atoms with E-state index in [1.165, 1.54) is 0 Å². The van der Waals surface area contributed by atoms with Crippen molar-refractivity contribution < 1.29 is 4.79 Å². The summed E-state index contributed by atoms with van der Waals surface area (Å²) >= 11 is 3.47. The Labute approximate surface area is 116 Å². The van der Waals surface area contributed by atoms with Gasteiger partial charge in [-0.05, 0) is 49.9 Å². The zero-order valence-corrected chi connectivity index (χ0v) is 12.2. The van der Waals surface area contributed by atoms with Crippen LogP contribution in [0.3, 0.4) is 0 Å². The lowest BCUT2D eigenvalue weighted by Gasteiger charge is -2.32. The minimum absolute atomic E-state index is 0.119. The molecule has 3 nitrogen and oxygen atoms in total. The van der Waals surface area contributed by atoms with E-state index in [9.17, 15) is 4.79 Å². The van der Waals surface area contributed by atoms with Gasteiger partial charge < -0.3 is 10.6 Å². The van der Waals surface area contributed by atoms with Gasteiger partial charge in [-0.1, -0.05) is 22.0 Å². The topological polar surface area (TPSA) is 46.3 Å². The lowest BCUT2D eigenvalue weighted by atomic mass is 9.97. The Hall–Kier alpha value is -0.870. The minimum Gasteiger partial charge on any atom is -0.338 e.